The van der Waals surface area contributed by atoms with Crippen LogP contribution in [0.2, 0.25) is 0 Å². The number of aromatic nitrogens is 1. The number of aryl methyl sites for hydroxylation is 2. The van der Waals surface area contributed by atoms with Crippen LogP contribution in [0.25, 0.3) is 0 Å². The highest BCUT2D eigenvalue weighted by atomic mass is 16.5. The largest absolute Gasteiger partial charge is 0.491 e. The summed E-state index contributed by atoms with van der Waals surface area (Å²) in [5.74, 6) is 1.68. The average Bonchev–Trinajstić information content (AvgIpc) is 2.72. The van der Waals surface area contributed by atoms with Gasteiger partial charge in [0.25, 0.3) is 0 Å². The van der Waals surface area contributed by atoms with Gasteiger partial charge in [-0.3, -0.25) is 4.98 Å². The van der Waals surface area contributed by atoms with Crippen LogP contribution in [0.15, 0.2) is 41.7 Å². The van der Waals surface area contributed by atoms with E-state index in [2.05, 4.69) is 60.7 Å². The van der Waals surface area contributed by atoms with Gasteiger partial charge in [0.1, 0.15) is 12.4 Å². The summed E-state index contributed by atoms with van der Waals surface area (Å²) >= 11 is 0. The topological polar surface area (TPSA) is 67.8 Å². The van der Waals surface area contributed by atoms with E-state index in [9.17, 15) is 0 Å². The fourth-order valence-corrected chi connectivity index (χ4v) is 2.89. The SMILES string of the molecule is CCNC(=NCc1ccc(C)cc1OCCOCC)NCCc1ccncc1C. The maximum Gasteiger partial charge on any atom is 0.191 e. The van der Waals surface area contributed by atoms with Crippen LogP contribution in [0.4, 0.5) is 0 Å². The van der Waals surface area contributed by atoms with Gasteiger partial charge in [0.15, 0.2) is 5.96 Å². The monoisotopic (exact) mass is 398 g/mol. The Morgan fingerprint density at radius 2 is 1.93 bits per heavy atom. The molecule has 0 aliphatic carbocycles. The van der Waals surface area contributed by atoms with Crippen molar-refractivity contribution in [2.75, 3.05) is 32.9 Å². The number of ether oxygens (including phenoxy) is 2. The minimum absolute atomic E-state index is 0.539. The molecule has 2 N–H and O–H groups in total. The van der Waals surface area contributed by atoms with Gasteiger partial charge in [-0.2, -0.15) is 0 Å². The van der Waals surface area contributed by atoms with Crippen molar-refractivity contribution < 1.29 is 9.47 Å². The molecule has 1 aromatic carbocycles. The highest BCUT2D eigenvalue weighted by molar-refractivity contribution is 5.79. The summed E-state index contributed by atoms with van der Waals surface area (Å²) in [7, 11) is 0. The fourth-order valence-electron chi connectivity index (χ4n) is 2.89. The summed E-state index contributed by atoms with van der Waals surface area (Å²) in [6, 6.07) is 8.30. The summed E-state index contributed by atoms with van der Waals surface area (Å²) in [4.78, 5) is 8.89. The Bertz CT molecular complexity index is 777. The Balaban J connectivity index is 1.97. The summed E-state index contributed by atoms with van der Waals surface area (Å²) < 4.78 is 11.3. The molecular formula is C23H34N4O2. The molecule has 0 saturated heterocycles. The van der Waals surface area contributed by atoms with Crippen LogP contribution in [-0.4, -0.2) is 43.9 Å². The Morgan fingerprint density at radius 1 is 1.07 bits per heavy atom. The minimum Gasteiger partial charge on any atom is -0.491 e. The van der Waals surface area contributed by atoms with Crippen LogP contribution >= 0.6 is 0 Å². The van der Waals surface area contributed by atoms with Crippen molar-refractivity contribution in [3.63, 3.8) is 0 Å². The van der Waals surface area contributed by atoms with Crippen molar-refractivity contribution >= 4 is 5.96 Å². The number of hydrogen-bond donors (Lipinski definition) is 2. The standard InChI is InChI=1S/C23H34N4O2/c1-5-25-23(26-12-10-20-9-11-24-16-19(20)4)27-17-21-8-7-18(3)15-22(21)29-14-13-28-6-2/h7-9,11,15-16H,5-6,10,12-14,17H2,1-4H3,(H2,25,26,27). The number of rotatable bonds is 11. The van der Waals surface area contributed by atoms with Gasteiger partial charge in [-0.1, -0.05) is 12.1 Å². The minimum atomic E-state index is 0.539. The molecule has 0 unspecified atom stereocenters. The Labute approximate surface area is 174 Å². The lowest BCUT2D eigenvalue weighted by Gasteiger charge is -2.14. The average molecular weight is 399 g/mol. The smallest absolute Gasteiger partial charge is 0.191 e. The third kappa shape index (κ3) is 8.11. The predicted octanol–water partition coefficient (Wildman–Crippen LogP) is 3.41. The summed E-state index contributed by atoms with van der Waals surface area (Å²) in [6.07, 6.45) is 4.67. The third-order valence-electron chi connectivity index (χ3n) is 4.49. The van der Waals surface area contributed by atoms with E-state index in [4.69, 9.17) is 14.5 Å². The van der Waals surface area contributed by atoms with Crippen molar-refractivity contribution in [1.82, 2.24) is 15.6 Å². The van der Waals surface area contributed by atoms with Gasteiger partial charge in [0, 0.05) is 37.7 Å². The third-order valence-corrected chi connectivity index (χ3v) is 4.49. The lowest BCUT2D eigenvalue weighted by molar-refractivity contribution is 0.110. The van der Waals surface area contributed by atoms with E-state index in [1.54, 1.807) is 0 Å². The molecule has 29 heavy (non-hydrogen) atoms. The van der Waals surface area contributed by atoms with E-state index in [1.807, 2.05) is 19.3 Å². The number of benzene rings is 1. The number of nitrogens with one attached hydrogen (secondary N) is 2. The lowest BCUT2D eigenvalue weighted by Crippen LogP contribution is -2.38. The molecule has 6 heteroatoms. The molecule has 0 aliphatic rings. The molecule has 0 spiro atoms. The van der Waals surface area contributed by atoms with Crippen LogP contribution < -0.4 is 15.4 Å². The zero-order chi connectivity index (χ0) is 20.9. The molecule has 0 atom stereocenters. The van der Waals surface area contributed by atoms with Gasteiger partial charge in [0.05, 0.1) is 13.2 Å². The number of nitrogens with zero attached hydrogens (tertiary/aromatic N) is 2. The van der Waals surface area contributed by atoms with Crippen LogP contribution in [0.5, 0.6) is 5.75 Å². The van der Waals surface area contributed by atoms with E-state index < -0.39 is 0 Å². The highest BCUT2D eigenvalue weighted by Gasteiger charge is 2.06. The van der Waals surface area contributed by atoms with Crippen molar-refractivity contribution in [3.05, 3.63) is 58.9 Å². The van der Waals surface area contributed by atoms with Crippen LogP contribution in [0.3, 0.4) is 0 Å². The molecule has 1 heterocycles. The molecule has 158 valence electrons. The van der Waals surface area contributed by atoms with Gasteiger partial charge < -0.3 is 20.1 Å². The maximum absolute atomic E-state index is 5.92. The normalized spacial score (nSPS) is 11.4. The molecule has 6 nitrogen and oxygen atoms in total. The second-order valence-electron chi connectivity index (χ2n) is 6.83. The van der Waals surface area contributed by atoms with Gasteiger partial charge in [-0.05, 0) is 62.9 Å². The van der Waals surface area contributed by atoms with E-state index >= 15 is 0 Å². The van der Waals surface area contributed by atoms with Crippen molar-refractivity contribution in [3.8, 4) is 5.75 Å². The molecule has 2 rings (SSSR count). The zero-order valence-electron chi connectivity index (χ0n) is 18.1. The molecule has 0 amide bonds. The molecule has 0 aliphatic heterocycles. The Hall–Kier alpha value is -2.60. The van der Waals surface area contributed by atoms with E-state index in [0.717, 1.165) is 36.8 Å². The van der Waals surface area contributed by atoms with Crippen molar-refractivity contribution in [2.24, 2.45) is 4.99 Å². The van der Waals surface area contributed by atoms with Crippen molar-refractivity contribution in [2.45, 2.75) is 40.7 Å². The number of guanidine groups is 1. The fraction of sp³-hybridized carbons (Fsp3) is 0.478. The molecule has 0 saturated carbocycles. The number of hydrogen-bond acceptors (Lipinski definition) is 4. The van der Waals surface area contributed by atoms with Crippen LogP contribution in [-0.2, 0) is 17.7 Å². The van der Waals surface area contributed by atoms with Gasteiger partial charge >= 0.3 is 0 Å². The first-order valence-corrected chi connectivity index (χ1v) is 10.4. The van der Waals surface area contributed by atoms with Gasteiger partial charge in [0.2, 0.25) is 0 Å². The Morgan fingerprint density at radius 3 is 2.69 bits per heavy atom. The molecule has 1 aromatic heterocycles. The molecule has 2 aromatic rings. The van der Waals surface area contributed by atoms with E-state index in [1.165, 1.54) is 16.7 Å². The molecular weight excluding hydrogens is 364 g/mol. The van der Waals surface area contributed by atoms with Gasteiger partial charge in [-0.15, -0.1) is 0 Å². The first-order chi connectivity index (χ1) is 14.1. The highest BCUT2D eigenvalue weighted by Crippen LogP contribution is 2.21. The van der Waals surface area contributed by atoms with Crippen LogP contribution in [0.1, 0.15) is 36.1 Å². The lowest BCUT2D eigenvalue weighted by atomic mass is 10.1. The molecule has 0 radical (unpaired) electrons. The molecule has 0 fully saturated rings. The summed E-state index contributed by atoms with van der Waals surface area (Å²) in [5, 5.41) is 6.73. The second-order valence-corrected chi connectivity index (χ2v) is 6.83. The quantitative estimate of drug-likeness (QED) is 0.345. The first-order valence-electron chi connectivity index (χ1n) is 10.4. The van der Waals surface area contributed by atoms with Crippen molar-refractivity contribution in [1.29, 1.82) is 0 Å². The first kappa shape index (κ1) is 22.7. The zero-order valence-corrected chi connectivity index (χ0v) is 18.1. The maximum atomic E-state index is 5.92. The van der Waals surface area contributed by atoms with Gasteiger partial charge in [-0.25, -0.2) is 4.99 Å². The van der Waals surface area contributed by atoms with Crippen LogP contribution in [0, 0.1) is 13.8 Å². The number of aliphatic imine (C=N–C) groups is 1. The Kier molecular flexibility index (Phi) is 10.00. The summed E-state index contributed by atoms with van der Waals surface area (Å²) in [6.45, 7) is 12.2. The second kappa shape index (κ2) is 12.8. The van der Waals surface area contributed by atoms with E-state index in [-0.39, 0.29) is 0 Å². The van der Waals surface area contributed by atoms with E-state index in [0.29, 0.717) is 26.4 Å². The number of pyridine rings is 1. The summed E-state index contributed by atoms with van der Waals surface area (Å²) in [5.41, 5.74) is 4.74. The molecule has 0 bridgehead atoms. The predicted molar refractivity (Wildman–Crippen MR) is 119 cm³/mol.